The fraction of sp³-hybridized carbons (Fsp3) is 0. The molecule has 0 aliphatic rings. The van der Waals surface area contributed by atoms with Gasteiger partial charge < -0.3 is 11.1 Å². The van der Waals surface area contributed by atoms with Crippen molar-refractivity contribution in [2.45, 2.75) is 0 Å². The fourth-order valence-electron chi connectivity index (χ4n) is 5.97. The number of hydrogen-bond acceptors (Lipinski definition) is 2. The number of fused-ring (bicyclic) bond motifs is 4. The molecule has 0 amide bonds. The fourth-order valence-corrected chi connectivity index (χ4v) is 5.97. The van der Waals surface area contributed by atoms with Crippen LogP contribution in [0.25, 0.3) is 64.6 Å². The average Bonchev–Trinajstić information content (AvgIpc) is 2.92. The third kappa shape index (κ3) is 2.67. The first-order chi connectivity index (χ1) is 17.7. The summed E-state index contributed by atoms with van der Waals surface area (Å²) in [5.74, 6) is 0. The first-order valence-electron chi connectivity index (χ1n) is 12.3. The van der Waals surface area contributed by atoms with E-state index < -0.39 is 0 Å². The summed E-state index contributed by atoms with van der Waals surface area (Å²) in [7, 11) is 0. The second kappa shape index (κ2) is 7.10. The Hall–Kier alpha value is -4.82. The average molecular weight is 459 g/mol. The van der Waals surface area contributed by atoms with Crippen LogP contribution in [0, 0.1) is 0 Å². The van der Waals surface area contributed by atoms with Gasteiger partial charge in [-0.2, -0.15) is 0 Å². The second-order valence-corrected chi connectivity index (χ2v) is 9.71. The molecular formula is C34H22N2. The largest absolute Gasteiger partial charge is 0.398 e. The molecule has 0 heterocycles. The van der Waals surface area contributed by atoms with E-state index in [9.17, 15) is 0 Å². The smallest absolute Gasteiger partial charge is 0.0470 e. The quantitative estimate of drug-likeness (QED) is 0.154. The minimum atomic E-state index is 0.822. The van der Waals surface area contributed by atoms with Gasteiger partial charge >= 0.3 is 0 Å². The van der Waals surface area contributed by atoms with Crippen molar-refractivity contribution in [1.82, 2.24) is 0 Å². The molecule has 8 aromatic rings. The Balaban J connectivity index is 1.43. The molecule has 0 aromatic heterocycles. The molecule has 0 saturated heterocycles. The number of nitrogens with two attached hydrogens (primary N) is 1. The molecule has 3 N–H and O–H groups in total. The summed E-state index contributed by atoms with van der Waals surface area (Å²) in [5, 5.41) is 18.6. The third-order valence-electron chi connectivity index (χ3n) is 7.69. The molecule has 168 valence electrons. The Bertz CT molecular complexity index is 2140. The zero-order chi connectivity index (χ0) is 23.8. The molecule has 0 fully saturated rings. The number of hydrogen-bond donors (Lipinski definition) is 2. The lowest BCUT2D eigenvalue weighted by Gasteiger charge is -2.18. The van der Waals surface area contributed by atoms with Gasteiger partial charge in [0.2, 0.25) is 0 Å². The highest BCUT2D eigenvalue weighted by Crippen LogP contribution is 2.42. The van der Waals surface area contributed by atoms with Crippen molar-refractivity contribution < 1.29 is 0 Å². The van der Waals surface area contributed by atoms with Gasteiger partial charge in [0.25, 0.3) is 0 Å². The number of anilines is 3. The first-order valence-corrected chi connectivity index (χ1v) is 12.3. The van der Waals surface area contributed by atoms with Crippen molar-refractivity contribution in [3.8, 4) is 0 Å². The Morgan fingerprint density at radius 2 is 1.00 bits per heavy atom. The zero-order valence-electron chi connectivity index (χ0n) is 19.5. The van der Waals surface area contributed by atoms with Gasteiger partial charge in [-0.3, -0.25) is 0 Å². The highest BCUT2D eigenvalue weighted by Gasteiger charge is 2.14. The van der Waals surface area contributed by atoms with Crippen molar-refractivity contribution in [2.75, 3.05) is 11.1 Å². The monoisotopic (exact) mass is 458 g/mol. The Kier molecular flexibility index (Phi) is 3.84. The van der Waals surface area contributed by atoms with Crippen molar-refractivity contribution >= 4 is 81.7 Å². The van der Waals surface area contributed by atoms with Gasteiger partial charge in [-0.1, -0.05) is 84.9 Å². The molecule has 0 saturated carbocycles. The van der Waals surface area contributed by atoms with Crippen LogP contribution in [0.2, 0.25) is 0 Å². The van der Waals surface area contributed by atoms with Crippen LogP contribution in [0.5, 0.6) is 0 Å². The highest BCUT2D eigenvalue weighted by atomic mass is 14.9. The van der Waals surface area contributed by atoms with Gasteiger partial charge in [-0.15, -0.1) is 0 Å². The third-order valence-corrected chi connectivity index (χ3v) is 7.69. The second-order valence-electron chi connectivity index (χ2n) is 9.71. The highest BCUT2D eigenvalue weighted by molar-refractivity contribution is 6.27. The van der Waals surface area contributed by atoms with Crippen molar-refractivity contribution in [3.63, 3.8) is 0 Å². The minimum Gasteiger partial charge on any atom is -0.398 e. The van der Waals surface area contributed by atoms with Crippen LogP contribution in [-0.2, 0) is 0 Å². The van der Waals surface area contributed by atoms with E-state index in [-0.39, 0.29) is 0 Å². The molecule has 0 atom stereocenters. The number of nitrogen functional groups attached to an aromatic ring is 1. The Morgan fingerprint density at radius 3 is 1.81 bits per heavy atom. The molecule has 0 aliphatic carbocycles. The van der Waals surface area contributed by atoms with Crippen LogP contribution < -0.4 is 11.1 Å². The summed E-state index contributed by atoms with van der Waals surface area (Å²) in [6, 6.07) is 41.5. The molecule has 8 rings (SSSR count). The topological polar surface area (TPSA) is 38.0 Å². The standard InChI is InChI=1S/C34H22N2/c35-30-15-11-20-10-14-27-31(16-12-21-9-13-26(30)33(20)34(21)27)36-32-19-24-7-3-4-8-25(24)28-17-22-5-1-2-6-23(22)18-29(28)32/h1-19,36H,35H2. The van der Waals surface area contributed by atoms with Crippen molar-refractivity contribution in [3.05, 3.63) is 115 Å². The lowest BCUT2D eigenvalue weighted by Crippen LogP contribution is -1.96. The van der Waals surface area contributed by atoms with E-state index in [0.717, 1.165) is 22.4 Å². The molecular weight excluding hydrogens is 436 g/mol. The molecule has 0 radical (unpaired) electrons. The van der Waals surface area contributed by atoms with Crippen LogP contribution in [0.3, 0.4) is 0 Å². The summed E-state index contributed by atoms with van der Waals surface area (Å²) in [5.41, 5.74) is 9.41. The van der Waals surface area contributed by atoms with E-state index in [0.29, 0.717) is 0 Å². The van der Waals surface area contributed by atoms with Crippen molar-refractivity contribution in [2.24, 2.45) is 0 Å². The van der Waals surface area contributed by atoms with Gasteiger partial charge in [0.1, 0.15) is 0 Å². The maximum absolute atomic E-state index is 6.37. The van der Waals surface area contributed by atoms with Gasteiger partial charge in [-0.05, 0) is 78.8 Å². The first kappa shape index (κ1) is 19.5. The van der Waals surface area contributed by atoms with Gasteiger partial charge in [-0.25, -0.2) is 0 Å². The maximum atomic E-state index is 6.37. The Labute approximate surface area is 207 Å². The van der Waals surface area contributed by atoms with Crippen LogP contribution in [0.15, 0.2) is 115 Å². The molecule has 2 nitrogen and oxygen atoms in total. The van der Waals surface area contributed by atoms with Crippen LogP contribution in [-0.4, -0.2) is 0 Å². The van der Waals surface area contributed by atoms with Crippen molar-refractivity contribution in [1.29, 1.82) is 0 Å². The summed E-state index contributed by atoms with van der Waals surface area (Å²) < 4.78 is 0. The van der Waals surface area contributed by atoms with E-state index in [1.165, 1.54) is 59.2 Å². The summed E-state index contributed by atoms with van der Waals surface area (Å²) >= 11 is 0. The van der Waals surface area contributed by atoms with E-state index >= 15 is 0 Å². The molecule has 2 heteroatoms. The zero-order valence-corrected chi connectivity index (χ0v) is 19.5. The number of benzene rings is 8. The SMILES string of the molecule is Nc1ccc2ccc3c(Nc4cc5ccccc5c5cc6ccccc6cc45)ccc4ccc1c2c43. The summed E-state index contributed by atoms with van der Waals surface area (Å²) in [6.45, 7) is 0. The lowest BCUT2D eigenvalue weighted by molar-refractivity contribution is 1.64. The minimum absolute atomic E-state index is 0.822. The normalized spacial score (nSPS) is 12.0. The maximum Gasteiger partial charge on any atom is 0.0470 e. The number of rotatable bonds is 2. The van der Waals surface area contributed by atoms with Crippen LogP contribution >= 0.6 is 0 Å². The molecule has 0 bridgehead atoms. The molecule has 36 heavy (non-hydrogen) atoms. The van der Waals surface area contributed by atoms with Crippen LogP contribution in [0.1, 0.15) is 0 Å². The number of nitrogens with one attached hydrogen (secondary N) is 1. The van der Waals surface area contributed by atoms with E-state index in [4.69, 9.17) is 5.73 Å². The van der Waals surface area contributed by atoms with E-state index in [1.54, 1.807) is 0 Å². The lowest BCUT2D eigenvalue weighted by atomic mass is 9.92. The predicted octanol–water partition coefficient (Wildman–Crippen LogP) is 9.37. The molecule has 0 aliphatic heterocycles. The van der Waals surface area contributed by atoms with Gasteiger partial charge in [0, 0.05) is 33.2 Å². The predicted molar refractivity (Wildman–Crippen MR) is 157 cm³/mol. The molecule has 0 unspecified atom stereocenters. The molecule has 0 spiro atoms. The Morgan fingerprint density at radius 1 is 0.389 bits per heavy atom. The summed E-state index contributed by atoms with van der Waals surface area (Å²) in [6.07, 6.45) is 0. The van der Waals surface area contributed by atoms with Gasteiger partial charge in [0.05, 0.1) is 0 Å². The van der Waals surface area contributed by atoms with Crippen LogP contribution in [0.4, 0.5) is 17.1 Å². The van der Waals surface area contributed by atoms with Gasteiger partial charge in [0.15, 0.2) is 0 Å². The van der Waals surface area contributed by atoms with E-state index in [1.807, 2.05) is 6.07 Å². The van der Waals surface area contributed by atoms with E-state index in [2.05, 4.69) is 115 Å². The molecule has 8 aromatic carbocycles. The summed E-state index contributed by atoms with van der Waals surface area (Å²) in [4.78, 5) is 0.